The average molecular weight is 449 g/mol. The molecule has 0 heterocycles. The Labute approximate surface area is 204 Å². The van der Waals surface area contributed by atoms with E-state index in [4.69, 9.17) is 0 Å². The zero-order chi connectivity index (χ0) is 22.9. The molecule has 0 saturated heterocycles. The second-order valence-electron chi connectivity index (χ2n) is 10.8. The van der Waals surface area contributed by atoms with E-state index in [0.717, 1.165) is 0 Å². The molecule has 0 nitrogen and oxygen atoms in total. The van der Waals surface area contributed by atoms with Crippen molar-refractivity contribution in [1.29, 1.82) is 0 Å². The van der Waals surface area contributed by atoms with E-state index in [9.17, 15) is 0 Å². The molecule has 11 rings (SSSR count). The van der Waals surface area contributed by atoms with Crippen LogP contribution in [-0.4, -0.2) is 0 Å². The molecule has 0 heteroatoms. The molecule has 0 spiro atoms. The van der Waals surface area contributed by atoms with Crippen molar-refractivity contribution in [3.63, 3.8) is 0 Å². The predicted octanol–water partition coefficient (Wildman–Crippen LogP) is 10.4. The number of rotatable bonds is 0. The third-order valence-corrected chi connectivity index (χ3v) is 9.31. The monoisotopic (exact) mass is 448 g/mol. The van der Waals surface area contributed by atoms with Crippen LogP contribution in [0.4, 0.5) is 0 Å². The van der Waals surface area contributed by atoms with Gasteiger partial charge in [-0.3, -0.25) is 0 Å². The lowest BCUT2D eigenvalue weighted by Crippen LogP contribution is -1.97. The van der Waals surface area contributed by atoms with Gasteiger partial charge in [-0.05, 0) is 126 Å². The van der Waals surface area contributed by atoms with E-state index >= 15 is 0 Å². The highest BCUT2D eigenvalue weighted by Gasteiger charge is 2.26. The van der Waals surface area contributed by atoms with Gasteiger partial charge in [-0.2, -0.15) is 0 Å². The fourth-order valence-corrected chi connectivity index (χ4v) is 8.12. The molecule has 160 valence electrons. The van der Waals surface area contributed by atoms with E-state index in [1.165, 1.54) is 108 Å². The Morgan fingerprint density at radius 1 is 0.222 bits per heavy atom. The maximum atomic E-state index is 2.45. The summed E-state index contributed by atoms with van der Waals surface area (Å²) in [5.41, 5.74) is 0. The normalized spacial score (nSPS) is 13.6. The Balaban J connectivity index is 1.71. The zero-order valence-corrected chi connectivity index (χ0v) is 19.2. The number of fused-ring (bicyclic) bond motifs is 2. The van der Waals surface area contributed by atoms with Gasteiger partial charge in [0, 0.05) is 0 Å². The number of hydrogen-bond donors (Lipinski definition) is 0. The van der Waals surface area contributed by atoms with Crippen LogP contribution in [0.1, 0.15) is 0 Å². The molecule has 11 aromatic carbocycles. The van der Waals surface area contributed by atoms with E-state index in [0.29, 0.717) is 0 Å². The maximum Gasteiger partial charge on any atom is -0.000114 e. The van der Waals surface area contributed by atoms with Crippen LogP contribution in [0.5, 0.6) is 0 Å². The molecule has 0 radical (unpaired) electrons. The molecule has 0 aliphatic heterocycles. The Morgan fingerprint density at radius 2 is 0.611 bits per heavy atom. The van der Waals surface area contributed by atoms with Gasteiger partial charge < -0.3 is 0 Å². The van der Waals surface area contributed by atoms with Crippen molar-refractivity contribution in [3.8, 4) is 0 Å². The highest BCUT2D eigenvalue weighted by molar-refractivity contribution is 6.54. The standard InChI is InChI=1S/C36H16/c1-4-17-10-11-20-16-22-15-19-6-3-9-24-23-8-2-5-18-14-21-12-13-26-25(7-1)27(17)30(20)36-32(22)35(29(19)24)34(28(18)23)31(21)33(26)36/h1-16H. The molecule has 0 fully saturated rings. The van der Waals surface area contributed by atoms with E-state index in [2.05, 4.69) is 97.1 Å². The van der Waals surface area contributed by atoms with Crippen molar-refractivity contribution in [1.82, 2.24) is 0 Å². The Hall–Kier alpha value is -4.68. The molecule has 0 amide bonds. The summed E-state index contributed by atoms with van der Waals surface area (Å²) in [5.74, 6) is 0. The van der Waals surface area contributed by atoms with Gasteiger partial charge in [0.25, 0.3) is 0 Å². The van der Waals surface area contributed by atoms with Gasteiger partial charge in [0.1, 0.15) is 0 Å². The minimum atomic E-state index is 1.34. The lowest BCUT2D eigenvalue weighted by Gasteiger charge is -2.26. The van der Waals surface area contributed by atoms with Crippen LogP contribution < -0.4 is 0 Å². The quantitative estimate of drug-likeness (QED) is 0.160. The fourth-order valence-electron chi connectivity index (χ4n) is 8.12. The van der Waals surface area contributed by atoms with Crippen LogP contribution in [0.2, 0.25) is 0 Å². The van der Waals surface area contributed by atoms with Gasteiger partial charge >= 0.3 is 0 Å². The van der Waals surface area contributed by atoms with Gasteiger partial charge in [0.15, 0.2) is 0 Å². The van der Waals surface area contributed by atoms with Gasteiger partial charge in [-0.1, -0.05) is 78.9 Å². The molecule has 0 aromatic heterocycles. The minimum Gasteiger partial charge on any atom is -0.0610 e. The second kappa shape index (κ2) is 5.12. The first kappa shape index (κ1) is 16.9. The summed E-state index contributed by atoms with van der Waals surface area (Å²) in [5, 5.41) is 28.1. The third kappa shape index (κ3) is 1.55. The first-order chi connectivity index (χ1) is 17.9. The van der Waals surface area contributed by atoms with Crippen molar-refractivity contribution in [3.05, 3.63) is 97.1 Å². The van der Waals surface area contributed by atoms with Crippen LogP contribution >= 0.6 is 0 Å². The molecule has 0 saturated carbocycles. The molecule has 0 atom stereocenters. The Morgan fingerprint density at radius 3 is 1.28 bits per heavy atom. The molecule has 36 heavy (non-hydrogen) atoms. The SMILES string of the molecule is c1cc2ccc3cc4cc5cccc6c7cccc8cc9ccc%10c(c1)c2c3c1c4c(c56)c(c87)c9c%101. The van der Waals surface area contributed by atoms with Crippen LogP contribution in [0.15, 0.2) is 97.1 Å². The molecule has 0 aliphatic rings. The summed E-state index contributed by atoms with van der Waals surface area (Å²) in [7, 11) is 0. The third-order valence-electron chi connectivity index (χ3n) is 9.31. The lowest BCUT2D eigenvalue weighted by atomic mass is 9.77. The summed E-state index contributed by atoms with van der Waals surface area (Å²) in [6, 6.07) is 37.3. The van der Waals surface area contributed by atoms with Gasteiger partial charge in [0.05, 0.1) is 0 Å². The second-order valence-corrected chi connectivity index (χ2v) is 10.8. The van der Waals surface area contributed by atoms with Gasteiger partial charge in [0.2, 0.25) is 0 Å². The van der Waals surface area contributed by atoms with Gasteiger partial charge in [-0.15, -0.1) is 0 Å². The molecular formula is C36H16. The van der Waals surface area contributed by atoms with E-state index < -0.39 is 0 Å². The molecular weight excluding hydrogens is 432 g/mol. The highest BCUT2D eigenvalue weighted by atomic mass is 14.3. The smallest absolute Gasteiger partial charge is 0.000114 e. The molecule has 0 unspecified atom stereocenters. The zero-order valence-electron chi connectivity index (χ0n) is 19.2. The van der Waals surface area contributed by atoms with E-state index in [1.54, 1.807) is 0 Å². The molecule has 0 N–H and O–H groups in total. The van der Waals surface area contributed by atoms with Crippen molar-refractivity contribution in [2.24, 2.45) is 0 Å². The van der Waals surface area contributed by atoms with Crippen molar-refractivity contribution < 1.29 is 0 Å². The van der Waals surface area contributed by atoms with E-state index in [-0.39, 0.29) is 0 Å². The van der Waals surface area contributed by atoms with Crippen molar-refractivity contribution in [2.75, 3.05) is 0 Å². The summed E-state index contributed by atoms with van der Waals surface area (Å²) in [6.07, 6.45) is 0. The molecule has 0 bridgehead atoms. The van der Waals surface area contributed by atoms with Crippen LogP contribution in [0, 0.1) is 0 Å². The molecule has 0 aliphatic carbocycles. The van der Waals surface area contributed by atoms with Crippen molar-refractivity contribution in [2.45, 2.75) is 0 Å². The molecule has 11 aromatic rings. The fraction of sp³-hybridized carbons (Fsp3) is 0. The predicted molar refractivity (Wildman–Crippen MR) is 157 cm³/mol. The lowest BCUT2D eigenvalue weighted by molar-refractivity contribution is 1.81. The van der Waals surface area contributed by atoms with Crippen LogP contribution in [0.3, 0.4) is 0 Å². The topological polar surface area (TPSA) is 0 Å². The Bertz CT molecular complexity index is 2660. The minimum absolute atomic E-state index is 1.34. The van der Waals surface area contributed by atoms with Gasteiger partial charge in [-0.25, -0.2) is 0 Å². The number of benzene rings is 11. The summed E-state index contributed by atoms with van der Waals surface area (Å²) in [6.45, 7) is 0. The summed E-state index contributed by atoms with van der Waals surface area (Å²) in [4.78, 5) is 0. The van der Waals surface area contributed by atoms with E-state index in [1.807, 2.05) is 0 Å². The summed E-state index contributed by atoms with van der Waals surface area (Å²) < 4.78 is 0. The summed E-state index contributed by atoms with van der Waals surface area (Å²) >= 11 is 0. The van der Waals surface area contributed by atoms with Crippen molar-refractivity contribution >= 4 is 108 Å². The van der Waals surface area contributed by atoms with Crippen LogP contribution in [-0.2, 0) is 0 Å². The van der Waals surface area contributed by atoms with Crippen LogP contribution in [0.25, 0.3) is 108 Å². The Kier molecular flexibility index (Phi) is 2.40. The first-order valence-corrected chi connectivity index (χ1v) is 12.8. The maximum absolute atomic E-state index is 2.45. The highest BCUT2D eigenvalue weighted by Crippen LogP contribution is 2.55. The number of hydrogen-bond acceptors (Lipinski definition) is 0. The largest absolute Gasteiger partial charge is 0.0610 e. The first-order valence-electron chi connectivity index (χ1n) is 12.8. The average Bonchev–Trinajstić information content (AvgIpc) is 2.92.